The van der Waals surface area contributed by atoms with Crippen LogP contribution in [0, 0.1) is 11.3 Å². The predicted octanol–water partition coefficient (Wildman–Crippen LogP) is 13.8. The molecule has 64 heavy (non-hydrogen) atoms. The summed E-state index contributed by atoms with van der Waals surface area (Å²) in [6.07, 6.45) is 7.32. The Morgan fingerprint density at radius 1 is 0.344 bits per heavy atom. The highest BCUT2D eigenvalue weighted by Crippen LogP contribution is 2.53. The molecule has 0 unspecified atom stereocenters. The van der Waals surface area contributed by atoms with Crippen LogP contribution in [0.5, 0.6) is 0 Å². The summed E-state index contributed by atoms with van der Waals surface area (Å²) in [4.78, 5) is 20.3. The van der Waals surface area contributed by atoms with Crippen LogP contribution < -0.4 is 0 Å². The molecule has 0 spiro atoms. The third kappa shape index (κ3) is 4.47. The lowest BCUT2D eigenvalue weighted by atomic mass is 9.82. The van der Waals surface area contributed by atoms with Crippen molar-refractivity contribution in [3.63, 3.8) is 0 Å². The van der Waals surface area contributed by atoms with E-state index >= 15 is 0 Å². The van der Waals surface area contributed by atoms with E-state index in [1.807, 2.05) is 24.5 Å². The van der Waals surface area contributed by atoms with Crippen molar-refractivity contribution in [3.05, 3.63) is 194 Å². The lowest BCUT2D eigenvalue weighted by Gasteiger charge is -2.27. The van der Waals surface area contributed by atoms with Crippen LogP contribution in [0.4, 0.5) is 0 Å². The van der Waals surface area contributed by atoms with Crippen LogP contribution in [-0.4, -0.2) is 29.1 Å². The molecule has 294 valence electrons. The van der Waals surface area contributed by atoms with Crippen LogP contribution in [0.2, 0.25) is 0 Å². The number of nitriles is 1. The zero-order chi connectivity index (χ0) is 42.0. The summed E-state index contributed by atoms with van der Waals surface area (Å²) in [5, 5.41) is 23.0. The van der Waals surface area contributed by atoms with Crippen molar-refractivity contribution >= 4 is 87.2 Å². The summed E-state index contributed by atoms with van der Waals surface area (Å²) in [5.41, 5.74) is 12.9. The fourth-order valence-electron chi connectivity index (χ4n) is 10.9. The summed E-state index contributed by atoms with van der Waals surface area (Å²) in [6, 6.07) is 60.2. The van der Waals surface area contributed by atoms with Gasteiger partial charge in [-0.05, 0) is 62.5 Å². The SMILES string of the molecule is N#Cc1c(-n2c3cccc4c5nccnc5c5cccc2c5c43)c(-c2ccccc2)c(-c2ccccc2)c(-c2ccccc2)c1-n1c2nccc3c4ccccc4c4ccnc1c4c32. The van der Waals surface area contributed by atoms with Gasteiger partial charge in [0.15, 0.2) is 0 Å². The van der Waals surface area contributed by atoms with Crippen LogP contribution >= 0.6 is 0 Å². The largest absolute Gasteiger partial charge is 0.307 e. The second kappa shape index (κ2) is 13.0. The summed E-state index contributed by atoms with van der Waals surface area (Å²) >= 11 is 0. The van der Waals surface area contributed by atoms with Crippen molar-refractivity contribution in [3.8, 4) is 50.8 Å². The molecule has 0 fully saturated rings. The number of pyridine rings is 2. The fraction of sp³-hybridized carbons (Fsp3) is 0. The number of hydrogen-bond donors (Lipinski definition) is 0. The van der Waals surface area contributed by atoms with Crippen LogP contribution in [0.1, 0.15) is 5.56 Å². The van der Waals surface area contributed by atoms with Crippen molar-refractivity contribution in [1.82, 2.24) is 29.1 Å². The van der Waals surface area contributed by atoms with Gasteiger partial charge < -0.3 is 4.57 Å². The highest BCUT2D eigenvalue weighted by Gasteiger charge is 2.34. The van der Waals surface area contributed by atoms with Crippen molar-refractivity contribution in [2.45, 2.75) is 0 Å². The Labute approximate surface area is 365 Å². The first kappa shape index (κ1) is 34.7. The van der Waals surface area contributed by atoms with E-state index in [-0.39, 0.29) is 0 Å². The molecule has 0 aliphatic carbocycles. The lowest BCUT2D eigenvalue weighted by Crippen LogP contribution is -2.11. The standard InChI is InChI=1S/C57H31N7/c58-32-42-54(63-43-24-12-22-40-48(43)49-41(23-13-25-44(49)63)53-52(40)59-30-31-60-53)46(34-16-6-2-7-17-34)45(33-14-4-1-5-15-33)47(35-18-8-3-9-19-35)55(42)64-56-50-38(26-28-61-56)36-20-10-11-21-37(36)39-27-29-62-57(64)51(39)50/h1-31H. The first-order valence-corrected chi connectivity index (χ1v) is 21.4. The Hall–Kier alpha value is -8.99. The normalized spacial score (nSPS) is 12.0. The molecule has 7 heteroatoms. The molecule has 0 amide bonds. The highest BCUT2D eigenvalue weighted by atomic mass is 15.1. The summed E-state index contributed by atoms with van der Waals surface area (Å²) < 4.78 is 4.51. The molecule has 7 nitrogen and oxygen atoms in total. The summed E-state index contributed by atoms with van der Waals surface area (Å²) in [6.45, 7) is 0. The maximum atomic E-state index is 12.3. The van der Waals surface area contributed by atoms with Gasteiger partial charge in [-0.15, -0.1) is 0 Å². The highest BCUT2D eigenvalue weighted by molar-refractivity contribution is 6.35. The summed E-state index contributed by atoms with van der Waals surface area (Å²) in [7, 11) is 0. The molecule has 0 atom stereocenters. The average Bonchev–Trinajstić information content (AvgIpc) is 3.89. The zero-order valence-corrected chi connectivity index (χ0v) is 34.0. The Kier molecular flexibility index (Phi) is 7.05. The molecule has 14 aromatic rings. The van der Waals surface area contributed by atoms with Gasteiger partial charge in [0.25, 0.3) is 0 Å². The van der Waals surface area contributed by atoms with Gasteiger partial charge in [-0.3, -0.25) is 14.5 Å². The van der Waals surface area contributed by atoms with Gasteiger partial charge in [-0.2, -0.15) is 5.26 Å². The van der Waals surface area contributed by atoms with Gasteiger partial charge in [0.05, 0.1) is 33.4 Å². The molecule has 5 heterocycles. The molecule has 5 aromatic heterocycles. The van der Waals surface area contributed by atoms with Gasteiger partial charge in [-0.25, -0.2) is 9.97 Å². The number of hydrogen-bond acceptors (Lipinski definition) is 5. The van der Waals surface area contributed by atoms with E-state index in [0.29, 0.717) is 11.3 Å². The maximum Gasteiger partial charge on any atom is 0.147 e. The number of benzene rings is 9. The average molecular weight is 814 g/mol. The fourth-order valence-corrected chi connectivity index (χ4v) is 10.9. The molecule has 0 radical (unpaired) electrons. The molecule has 0 aliphatic heterocycles. The number of nitrogens with zero attached hydrogens (tertiary/aromatic N) is 7. The van der Waals surface area contributed by atoms with E-state index in [0.717, 1.165) is 126 Å². The Morgan fingerprint density at radius 3 is 1.23 bits per heavy atom. The number of aromatic nitrogens is 6. The molecule has 9 aromatic carbocycles. The number of fused-ring (bicyclic) bond motifs is 6. The minimum absolute atomic E-state index is 0.495. The molecule has 0 saturated heterocycles. The van der Waals surface area contributed by atoms with E-state index < -0.39 is 0 Å². The van der Waals surface area contributed by atoms with Crippen LogP contribution in [0.25, 0.3) is 132 Å². The molecule has 0 N–H and O–H groups in total. The monoisotopic (exact) mass is 813 g/mol. The molecular formula is C57H31N7. The van der Waals surface area contributed by atoms with Gasteiger partial charge >= 0.3 is 0 Å². The van der Waals surface area contributed by atoms with Crippen molar-refractivity contribution in [2.75, 3.05) is 0 Å². The van der Waals surface area contributed by atoms with Crippen LogP contribution in [0.15, 0.2) is 189 Å². The van der Waals surface area contributed by atoms with Crippen LogP contribution in [0.3, 0.4) is 0 Å². The minimum Gasteiger partial charge on any atom is -0.307 e. The van der Waals surface area contributed by atoms with Crippen LogP contribution in [-0.2, 0) is 0 Å². The predicted molar refractivity (Wildman–Crippen MR) is 260 cm³/mol. The van der Waals surface area contributed by atoms with Gasteiger partial charge in [-0.1, -0.05) is 140 Å². The van der Waals surface area contributed by atoms with E-state index in [4.69, 9.17) is 19.9 Å². The second-order valence-corrected chi connectivity index (χ2v) is 16.4. The third-order valence-corrected chi connectivity index (χ3v) is 13.3. The molecular weight excluding hydrogens is 783 g/mol. The Bertz CT molecular complexity index is 3820. The first-order valence-electron chi connectivity index (χ1n) is 21.4. The van der Waals surface area contributed by atoms with Gasteiger partial charge in [0.2, 0.25) is 0 Å². The van der Waals surface area contributed by atoms with Crippen molar-refractivity contribution in [1.29, 1.82) is 5.26 Å². The van der Waals surface area contributed by atoms with E-state index in [1.165, 1.54) is 0 Å². The smallest absolute Gasteiger partial charge is 0.147 e. The Morgan fingerprint density at radius 2 is 0.766 bits per heavy atom. The minimum atomic E-state index is 0.495. The van der Waals surface area contributed by atoms with E-state index in [9.17, 15) is 5.26 Å². The third-order valence-electron chi connectivity index (χ3n) is 13.3. The summed E-state index contributed by atoms with van der Waals surface area (Å²) in [5.74, 6) is 0. The first-order chi connectivity index (χ1) is 31.8. The molecule has 14 rings (SSSR count). The number of rotatable bonds is 5. The second-order valence-electron chi connectivity index (χ2n) is 16.4. The van der Waals surface area contributed by atoms with E-state index in [2.05, 4.69) is 167 Å². The quantitative estimate of drug-likeness (QED) is 0.162. The molecule has 0 aliphatic rings. The van der Waals surface area contributed by atoms with Crippen molar-refractivity contribution < 1.29 is 0 Å². The molecule has 0 bridgehead atoms. The van der Waals surface area contributed by atoms with Gasteiger partial charge in [0.1, 0.15) is 22.9 Å². The lowest BCUT2D eigenvalue weighted by molar-refractivity contribution is 1.08. The topological polar surface area (TPSA) is 85.2 Å². The zero-order valence-electron chi connectivity index (χ0n) is 34.0. The molecule has 0 saturated carbocycles. The van der Waals surface area contributed by atoms with E-state index in [1.54, 1.807) is 12.4 Å². The van der Waals surface area contributed by atoms with Gasteiger partial charge in [0, 0.05) is 73.8 Å². The Balaban J connectivity index is 1.30. The van der Waals surface area contributed by atoms with Crippen molar-refractivity contribution in [2.24, 2.45) is 0 Å². The maximum absolute atomic E-state index is 12.3.